The molecule has 2 aromatic rings. The van der Waals surface area contributed by atoms with E-state index in [0.717, 1.165) is 24.2 Å². The van der Waals surface area contributed by atoms with E-state index < -0.39 is 0 Å². The van der Waals surface area contributed by atoms with Gasteiger partial charge in [0.2, 0.25) is 0 Å². The van der Waals surface area contributed by atoms with Crippen molar-refractivity contribution in [2.45, 2.75) is 78.6 Å². The van der Waals surface area contributed by atoms with Crippen molar-refractivity contribution < 1.29 is 14.3 Å². The smallest absolute Gasteiger partial charge is 0.340 e. The Bertz CT molecular complexity index is 832. The molecule has 0 aliphatic rings. The largest absolute Gasteiger partial charge is 0.494 e. The molecule has 0 N–H and O–H groups in total. The lowest BCUT2D eigenvalue weighted by Crippen LogP contribution is -2.12. The first-order valence-electron chi connectivity index (χ1n) is 12.7. The second kappa shape index (κ2) is 16.1. The summed E-state index contributed by atoms with van der Waals surface area (Å²) in [5.41, 5.74) is 2.01. The Morgan fingerprint density at radius 3 is 2.33 bits per heavy atom. The maximum atomic E-state index is 12.7. The minimum absolute atomic E-state index is 0.333. The highest BCUT2D eigenvalue weighted by molar-refractivity contribution is 5.96. The third-order valence-corrected chi connectivity index (χ3v) is 5.80. The highest BCUT2D eigenvalue weighted by Crippen LogP contribution is 2.27. The van der Waals surface area contributed by atoms with Crippen LogP contribution >= 0.6 is 0 Å². The Morgan fingerprint density at radius 2 is 1.64 bits per heavy atom. The molecule has 4 heteroatoms. The van der Waals surface area contributed by atoms with Crippen molar-refractivity contribution in [3.05, 3.63) is 59.7 Å². The van der Waals surface area contributed by atoms with Gasteiger partial charge in [-0.15, -0.1) is 0 Å². The van der Waals surface area contributed by atoms with Gasteiger partial charge in [-0.05, 0) is 30.0 Å². The zero-order valence-corrected chi connectivity index (χ0v) is 20.7. The molecule has 0 aromatic heterocycles. The number of carbonyl (C=O) groups excluding carboxylic acids is 1. The van der Waals surface area contributed by atoms with Gasteiger partial charge in [-0.1, -0.05) is 102 Å². The quantitative estimate of drug-likeness (QED) is 0.147. The number of benzene rings is 2. The number of nitrogens with zero attached hydrogens (tertiary/aromatic N) is 1. The maximum absolute atomic E-state index is 12.7. The van der Waals surface area contributed by atoms with E-state index >= 15 is 0 Å². The second-order valence-electron chi connectivity index (χ2n) is 8.78. The molecule has 0 fully saturated rings. The summed E-state index contributed by atoms with van der Waals surface area (Å²) in [5, 5.41) is 0. The van der Waals surface area contributed by atoms with E-state index in [1.165, 1.54) is 44.9 Å². The zero-order chi connectivity index (χ0) is 23.7. The van der Waals surface area contributed by atoms with Gasteiger partial charge in [0.25, 0.3) is 0 Å². The van der Waals surface area contributed by atoms with E-state index in [2.05, 4.69) is 25.8 Å². The first-order valence-corrected chi connectivity index (χ1v) is 12.7. The van der Waals surface area contributed by atoms with Crippen LogP contribution in [-0.2, 0) is 4.74 Å². The predicted octanol–water partition coefficient (Wildman–Crippen LogP) is 8.16. The molecule has 1 atom stereocenters. The predicted molar refractivity (Wildman–Crippen MR) is 138 cm³/mol. The van der Waals surface area contributed by atoms with Crippen LogP contribution in [0.1, 0.15) is 94.5 Å². The number of rotatable bonds is 16. The lowest BCUT2D eigenvalue weighted by atomic mass is 10.1. The van der Waals surface area contributed by atoms with Crippen LogP contribution < -0.4 is 4.74 Å². The third kappa shape index (κ3) is 10.7. The molecule has 2 rings (SSSR count). The second-order valence-corrected chi connectivity index (χ2v) is 8.78. The van der Waals surface area contributed by atoms with Crippen LogP contribution in [0.15, 0.2) is 53.5 Å². The van der Waals surface area contributed by atoms with E-state index in [-0.39, 0.29) is 5.97 Å². The van der Waals surface area contributed by atoms with Crippen molar-refractivity contribution >= 4 is 17.9 Å². The van der Waals surface area contributed by atoms with Gasteiger partial charge < -0.3 is 9.47 Å². The van der Waals surface area contributed by atoms with Crippen LogP contribution in [-0.4, -0.2) is 25.4 Å². The summed E-state index contributed by atoms with van der Waals surface area (Å²) in [6.45, 7) is 7.50. The van der Waals surface area contributed by atoms with Crippen molar-refractivity contribution in [1.82, 2.24) is 0 Å². The SMILES string of the molecule is CCCCCCCCCCOc1ccc(C(=O)OC[C@@H](C)CC)c(N=Cc2ccccc2)c1. The molecule has 4 nitrogen and oxygen atoms in total. The van der Waals surface area contributed by atoms with Crippen LogP contribution in [0.5, 0.6) is 5.75 Å². The number of hydrogen-bond acceptors (Lipinski definition) is 4. The molecule has 0 saturated heterocycles. The monoisotopic (exact) mass is 451 g/mol. The fourth-order valence-electron chi connectivity index (χ4n) is 3.40. The van der Waals surface area contributed by atoms with Gasteiger partial charge in [0.1, 0.15) is 5.75 Å². The van der Waals surface area contributed by atoms with Gasteiger partial charge >= 0.3 is 5.97 Å². The van der Waals surface area contributed by atoms with Crippen molar-refractivity contribution in [2.75, 3.05) is 13.2 Å². The highest BCUT2D eigenvalue weighted by Gasteiger charge is 2.15. The van der Waals surface area contributed by atoms with Gasteiger partial charge in [-0.3, -0.25) is 4.99 Å². The zero-order valence-electron chi connectivity index (χ0n) is 20.7. The molecular weight excluding hydrogens is 410 g/mol. The van der Waals surface area contributed by atoms with E-state index in [9.17, 15) is 4.79 Å². The minimum atomic E-state index is -0.342. The van der Waals surface area contributed by atoms with Crippen molar-refractivity contribution in [1.29, 1.82) is 0 Å². The Morgan fingerprint density at radius 1 is 0.939 bits per heavy atom. The molecule has 0 bridgehead atoms. The van der Waals surface area contributed by atoms with Crippen molar-refractivity contribution in [3.63, 3.8) is 0 Å². The first-order chi connectivity index (χ1) is 16.1. The lowest BCUT2D eigenvalue weighted by molar-refractivity contribution is 0.0448. The summed E-state index contributed by atoms with van der Waals surface area (Å²) in [4.78, 5) is 17.3. The lowest BCUT2D eigenvalue weighted by Gasteiger charge is -2.12. The molecule has 180 valence electrons. The molecule has 33 heavy (non-hydrogen) atoms. The van der Waals surface area contributed by atoms with Gasteiger partial charge in [0, 0.05) is 12.3 Å². The molecule has 0 spiro atoms. The van der Waals surface area contributed by atoms with Crippen LogP contribution in [0.4, 0.5) is 5.69 Å². The van der Waals surface area contributed by atoms with Crippen LogP contribution in [0.25, 0.3) is 0 Å². The van der Waals surface area contributed by atoms with E-state index in [0.29, 0.717) is 30.4 Å². The van der Waals surface area contributed by atoms with Gasteiger partial charge in [0.15, 0.2) is 0 Å². The summed E-state index contributed by atoms with van der Waals surface area (Å²) in [7, 11) is 0. The summed E-state index contributed by atoms with van der Waals surface area (Å²) in [6, 6.07) is 15.3. The number of hydrogen-bond donors (Lipinski definition) is 0. The number of unbranched alkanes of at least 4 members (excludes halogenated alkanes) is 7. The number of aliphatic imine (C=N–C) groups is 1. The molecule has 0 aliphatic carbocycles. The van der Waals surface area contributed by atoms with E-state index in [4.69, 9.17) is 9.47 Å². The van der Waals surface area contributed by atoms with Crippen molar-refractivity contribution in [2.24, 2.45) is 10.9 Å². The van der Waals surface area contributed by atoms with E-state index in [1.54, 1.807) is 12.3 Å². The fraction of sp³-hybridized carbons (Fsp3) is 0.517. The molecule has 0 heterocycles. The number of esters is 1. The minimum Gasteiger partial charge on any atom is -0.494 e. The summed E-state index contributed by atoms with van der Waals surface area (Å²) in [6.07, 6.45) is 12.9. The van der Waals surface area contributed by atoms with Gasteiger partial charge in [-0.25, -0.2) is 4.79 Å². The highest BCUT2D eigenvalue weighted by atomic mass is 16.5. The molecule has 2 aromatic carbocycles. The maximum Gasteiger partial charge on any atom is 0.340 e. The molecule has 0 saturated carbocycles. The van der Waals surface area contributed by atoms with Gasteiger partial charge in [0.05, 0.1) is 24.5 Å². The molecular formula is C29H41NO3. The molecule has 0 unspecified atom stereocenters. The van der Waals surface area contributed by atoms with Crippen LogP contribution in [0.2, 0.25) is 0 Å². The van der Waals surface area contributed by atoms with Crippen LogP contribution in [0.3, 0.4) is 0 Å². The Balaban J connectivity index is 1.96. The average molecular weight is 452 g/mol. The Hall–Kier alpha value is -2.62. The fourth-order valence-corrected chi connectivity index (χ4v) is 3.40. The number of ether oxygens (including phenoxy) is 2. The number of carbonyl (C=O) groups is 1. The Kier molecular flexibility index (Phi) is 13.0. The standard InChI is InChI=1S/C29H41NO3/c1-4-6-7-8-9-10-11-15-20-32-26-18-19-27(29(31)33-23-24(3)5-2)28(21-26)30-22-25-16-13-12-14-17-25/h12-14,16-19,21-22,24H,4-11,15,20,23H2,1-3H3/t24-/m0/s1. The molecule has 0 radical (unpaired) electrons. The first kappa shape index (κ1) is 26.6. The molecule has 0 aliphatic heterocycles. The topological polar surface area (TPSA) is 47.9 Å². The summed E-state index contributed by atoms with van der Waals surface area (Å²) < 4.78 is 11.5. The van der Waals surface area contributed by atoms with Gasteiger partial charge in [-0.2, -0.15) is 0 Å². The van der Waals surface area contributed by atoms with Crippen LogP contribution in [0, 0.1) is 5.92 Å². The Labute approximate surface area is 200 Å². The average Bonchev–Trinajstić information content (AvgIpc) is 2.85. The third-order valence-electron chi connectivity index (χ3n) is 5.80. The summed E-state index contributed by atoms with van der Waals surface area (Å²) >= 11 is 0. The van der Waals surface area contributed by atoms with E-state index in [1.807, 2.05) is 42.5 Å². The summed E-state index contributed by atoms with van der Waals surface area (Å²) in [5.74, 6) is 0.723. The normalized spacial score (nSPS) is 12.1. The molecule has 0 amide bonds. The van der Waals surface area contributed by atoms with Crippen molar-refractivity contribution in [3.8, 4) is 5.75 Å².